The van der Waals surface area contributed by atoms with Gasteiger partial charge in [-0.15, -0.1) is 0 Å². The molecule has 4 nitrogen and oxygen atoms in total. The lowest BCUT2D eigenvalue weighted by Crippen LogP contribution is -2.24. The molecule has 1 aromatic carbocycles. The average molecular weight is 294 g/mol. The highest BCUT2D eigenvalue weighted by atomic mass is 19.1. The molecule has 21 heavy (non-hydrogen) atoms. The van der Waals surface area contributed by atoms with E-state index in [0.29, 0.717) is 25.3 Å². The first-order valence-electron chi connectivity index (χ1n) is 6.82. The van der Waals surface area contributed by atoms with E-state index in [4.69, 9.17) is 4.52 Å². The van der Waals surface area contributed by atoms with Crippen LogP contribution < -0.4 is 0 Å². The Kier molecular flexibility index (Phi) is 3.73. The van der Waals surface area contributed by atoms with E-state index in [9.17, 15) is 13.9 Å². The summed E-state index contributed by atoms with van der Waals surface area (Å²) in [7, 11) is 0. The predicted molar refractivity (Wildman–Crippen MR) is 71.4 cm³/mol. The number of likely N-dealkylation sites (tertiary alicyclic amines) is 1. The molecule has 0 aliphatic carbocycles. The third-order valence-electron chi connectivity index (χ3n) is 3.73. The Labute approximate surface area is 121 Å². The van der Waals surface area contributed by atoms with Gasteiger partial charge in [-0.25, -0.2) is 8.78 Å². The SMILES string of the molecule is Cc1cc(CN2CC(O)CC2c2cc(F)ccc2F)on1. The smallest absolute Gasteiger partial charge is 0.150 e. The summed E-state index contributed by atoms with van der Waals surface area (Å²) in [6.07, 6.45) is -0.199. The van der Waals surface area contributed by atoms with E-state index in [-0.39, 0.29) is 11.6 Å². The number of aliphatic hydroxyl groups is 1. The van der Waals surface area contributed by atoms with Gasteiger partial charge in [0.05, 0.1) is 18.3 Å². The van der Waals surface area contributed by atoms with Crippen LogP contribution in [0.15, 0.2) is 28.8 Å². The van der Waals surface area contributed by atoms with Crippen LogP contribution in [0.1, 0.15) is 29.5 Å². The zero-order chi connectivity index (χ0) is 15.0. The van der Waals surface area contributed by atoms with Gasteiger partial charge in [0.1, 0.15) is 11.6 Å². The molecule has 6 heteroatoms. The van der Waals surface area contributed by atoms with E-state index in [0.717, 1.165) is 17.8 Å². The molecular weight excluding hydrogens is 278 g/mol. The second kappa shape index (κ2) is 5.54. The zero-order valence-electron chi connectivity index (χ0n) is 11.6. The lowest BCUT2D eigenvalue weighted by atomic mass is 10.0. The van der Waals surface area contributed by atoms with Crippen LogP contribution in [0.2, 0.25) is 0 Å². The van der Waals surface area contributed by atoms with Crippen LogP contribution in [0.3, 0.4) is 0 Å². The molecule has 0 radical (unpaired) electrons. The molecule has 2 aromatic rings. The Bertz CT molecular complexity index is 644. The van der Waals surface area contributed by atoms with Crippen molar-refractivity contribution in [2.45, 2.75) is 32.0 Å². The van der Waals surface area contributed by atoms with Gasteiger partial charge in [-0.2, -0.15) is 0 Å². The summed E-state index contributed by atoms with van der Waals surface area (Å²) in [5, 5.41) is 13.7. The maximum Gasteiger partial charge on any atom is 0.150 e. The summed E-state index contributed by atoms with van der Waals surface area (Å²) in [5.74, 6) is -0.305. The van der Waals surface area contributed by atoms with Crippen LogP contribution in [-0.2, 0) is 6.54 Å². The van der Waals surface area contributed by atoms with Crippen molar-refractivity contribution in [1.29, 1.82) is 0 Å². The highest BCUT2D eigenvalue weighted by Gasteiger charge is 2.34. The zero-order valence-corrected chi connectivity index (χ0v) is 11.6. The number of halogens is 2. The van der Waals surface area contributed by atoms with Gasteiger partial charge in [0, 0.05) is 24.2 Å². The molecule has 2 heterocycles. The van der Waals surface area contributed by atoms with E-state index in [1.54, 1.807) is 6.07 Å². The molecule has 3 rings (SSSR count). The predicted octanol–water partition coefficient (Wildman–Crippen LogP) is 2.57. The topological polar surface area (TPSA) is 49.5 Å². The van der Waals surface area contributed by atoms with Gasteiger partial charge in [-0.3, -0.25) is 4.90 Å². The molecule has 1 aliphatic rings. The van der Waals surface area contributed by atoms with Gasteiger partial charge < -0.3 is 9.63 Å². The third-order valence-corrected chi connectivity index (χ3v) is 3.73. The van der Waals surface area contributed by atoms with Crippen LogP contribution in [-0.4, -0.2) is 27.8 Å². The van der Waals surface area contributed by atoms with Crippen molar-refractivity contribution >= 4 is 0 Å². The van der Waals surface area contributed by atoms with E-state index < -0.39 is 17.7 Å². The quantitative estimate of drug-likeness (QED) is 0.945. The van der Waals surface area contributed by atoms with Crippen molar-refractivity contribution in [3.05, 3.63) is 52.9 Å². The minimum absolute atomic E-state index is 0.266. The third kappa shape index (κ3) is 2.96. The Morgan fingerprint density at radius 3 is 2.90 bits per heavy atom. The van der Waals surface area contributed by atoms with Gasteiger partial charge in [-0.1, -0.05) is 5.16 Å². The first kappa shape index (κ1) is 14.2. The van der Waals surface area contributed by atoms with Gasteiger partial charge in [0.25, 0.3) is 0 Å². The van der Waals surface area contributed by atoms with E-state index in [2.05, 4.69) is 5.16 Å². The number of β-amino-alcohol motifs (C(OH)–C–C–N with tert-alkyl or cyclic N) is 1. The largest absolute Gasteiger partial charge is 0.392 e. The lowest BCUT2D eigenvalue weighted by molar-refractivity contribution is 0.165. The monoisotopic (exact) mass is 294 g/mol. The molecule has 0 saturated carbocycles. The average Bonchev–Trinajstić information content (AvgIpc) is 2.99. The highest BCUT2D eigenvalue weighted by molar-refractivity contribution is 5.24. The minimum atomic E-state index is -0.568. The minimum Gasteiger partial charge on any atom is -0.392 e. The number of aromatic nitrogens is 1. The molecule has 1 fully saturated rings. The number of rotatable bonds is 3. The number of hydrogen-bond acceptors (Lipinski definition) is 4. The summed E-state index contributed by atoms with van der Waals surface area (Å²) in [6, 6.07) is 4.82. The van der Waals surface area contributed by atoms with Crippen molar-refractivity contribution in [3.63, 3.8) is 0 Å². The second-order valence-electron chi connectivity index (χ2n) is 5.44. The summed E-state index contributed by atoms with van der Waals surface area (Å²) >= 11 is 0. The van der Waals surface area contributed by atoms with Gasteiger partial charge >= 0.3 is 0 Å². The fourth-order valence-electron chi connectivity index (χ4n) is 2.84. The van der Waals surface area contributed by atoms with Gasteiger partial charge in [0.15, 0.2) is 5.76 Å². The van der Waals surface area contributed by atoms with E-state index in [1.165, 1.54) is 6.07 Å². The molecule has 1 saturated heterocycles. The van der Waals surface area contributed by atoms with Gasteiger partial charge in [0.2, 0.25) is 0 Å². The normalized spacial score (nSPS) is 22.9. The van der Waals surface area contributed by atoms with Crippen molar-refractivity contribution in [3.8, 4) is 0 Å². The summed E-state index contributed by atoms with van der Waals surface area (Å²) in [4.78, 5) is 1.88. The number of nitrogens with zero attached hydrogens (tertiary/aromatic N) is 2. The molecule has 2 atom stereocenters. The Balaban J connectivity index is 1.86. The van der Waals surface area contributed by atoms with E-state index >= 15 is 0 Å². The molecule has 0 bridgehead atoms. The van der Waals surface area contributed by atoms with Crippen LogP contribution in [0, 0.1) is 18.6 Å². The number of aliphatic hydroxyl groups excluding tert-OH is 1. The first-order valence-corrected chi connectivity index (χ1v) is 6.82. The fraction of sp³-hybridized carbons (Fsp3) is 0.400. The van der Waals surface area contributed by atoms with Crippen molar-refractivity contribution in [1.82, 2.24) is 10.1 Å². The molecule has 0 spiro atoms. The summed E-state index contributed by atoms with van der Waals surface area (Å²) in [6.45, 7) is 2.61. The Morgan fingerprint density at radius 1 is 1.38 bits per heavy atom. The number of benzene rings is 1. The maximum absolute atomic E-state index is 14.0. The van der Waals surface area contributed by atoms with Crippen LogP contribution in [0.4, 0.5) is 8.78 Å². The molecule has 0 amide bonds. The lowest BCUT2D eigenvalue weighted by Gasteiger charge is -2.23. The number of aryl methyl sites for hydroxylation is 1. The van der Waals surface area contributed by atoms with Gasteiger partial charge in [-0.05, 0) is 31.5 Å². The summed E-state index contributed by atoms with van der Waals surface area (Å²) < 4.78 is 32.5. The Morgan fingerprint density at radius 2 is 2.19 bits per heavy atom. The molecular formula is C15H16F2N2O2. The van der Waals surface area contributed by atoms with E-state index in [1.807, 2.05) is 11.8 Å². The fourth-order valence-corrected chi connectivity index (χ4v) is 2.84. The van der Waals surface area contributed by atoms with Crippen LogP contribution in [0.25, 0.3) is 0 Å². The van der Waals surface area contributed by atoms with Crippen molar-refractivity contribution < 1.29 is 18.4 Å². The summed E-state index contributed by atoms with van der Waals surface area (Å²) in [5.41, 5.74) is 1.03. The van der Waals surface area contributed by atoms with Crippen LogP contribution in [0.5, 0.6) is 0 Å². The maximum atomic E-state index is 14.0. The second-order valence-corrected chi connectivity index (χ2v) is 5.44. The van der Waals surface area contributed by atoms with Crippen molar-refractivity contribution in [2.75, 3.05) is 6.54 Å². The first-order chi connectivity index (χ1) is 10.0. The van der Waals surface area contributed by atoms with Crippen LogP contribution >= 0.6 is 0 Å². The number of hydrogen-bond donors (Lipinski definition) is 1. The highest BCUT2D eigenvalue weighted by Crippen LogP contribution is 2.35. The molecule has 1 aliphatic heterocycles. The molecule has 1 aromatic heterocycles. The van der Waals surface area contributed by atoms with Crippen molar-refractivity contribution in [2.24, 2.45) is 0 Å². The Hall–Kier alpha value is -1.79. The standard InChI is InChI=1S/C15H16F2N2O2/c1-9-4-12(21-18-9)8-19-7-11(20)6-15(19)13-5-10(16)2-3-14(13)17/h2-5,11,15,20H,6-8H2,1H3. The molecule has 112 valence electrons. The molecule has 2 unspecified atom stereocenters. The molecule has 1 N–H and O–H groups in total.